The molecule has 5 heterocycles. The number of methoxy groups -OCH3 is 1. The van der Waals surface area contributed by atoms with Crippen molar-refractivity contribution in [3.05, 3.63) is 42.5 Å². The van der Waals surface area contributed by atoms with E-state index in [0.29, 0.717) is 73.8 Å². The van der Waals surface area contributed by atoms with E-state index in [1.165, 1.54) is 11.0 Å². The molecule has 318 valence electrons. The van der Waals surface area contributed by atoms with Gasteiger partial charge < -0.3 is 39.4 Å². The minimum atomic E-state index is -3.91. The summed E-state index contributed by atoms with van der Waals surface area (Å²) in [5.41, 5.74) is -0.221. The van der Waals surface area contributed by atoms with Gasteiger partial charge >= 0.3 is 6.03 Å². The molecule has 2 saturated heterocycles. The van der Waals surface area contributed by atoms with Gasteiger partial charge in [-0.1, -0.05) is 37.5 Å². The van der Waals surface area contributed by atoms with Crippen molar-refractivity contribution in [2.45, 2.75) is 106 Å². The van der Waals surface area contributed by atoms with Crippen molar-refractivity contribution in [2.75, 3.05) is 40.0 Å². The lowest BCUT2D eigenvalue weighted by molar-refractivity contribution is -0.142. The van der Waals surface area contributed by atoms with Gasteiger partial charge in [-0.25, -0.2) is 18.2 Å². The maximum absolute atomic E-state index is 15.0. The Bertz CT molecular complexity index is 2130. The van der Waals surface area contributed by atoms with Crippen molar-refractivity contribution in [2.24, 2.45) is 11.8 Å². The number of rotatable bonds is 10. The number of sulfonamides is 1. The molecule has 2 aromatic rings. The summed E-state index contributed by atoms with van der Waals surface area (Å²) in [5, 5.41) is 5.94. The monoisotopic (exact) mass is 834 g/mol. The van der Waals surface area contributed by atoms with Crippen molar-refractivity contribution in [1.29, 1.82) is 0 Å². The van der Waals surface area contributed by atoms with Crippen molar-refractivity contribution in [3.63, 3.8) is 0 Å². The minimum Gasteiger partial charge on any atom is -0.496 e. The second-order valence-corrected chi connectivity index (χ2v) is 18.5. The second-order valence-electron chi connectivity index (χ2n) is 16.6. The molecular formula is C42H54N6O10S. The highest BCUT2D eigenvalue weighted by Gasteiger charge is 2.62. The van der Waals surface area contributed by atoms with Crippen LogP contribution in [0, 0.1) is 11.8 Å². The van der Waals surface area contributed by atoms with Crippen LogP contribution in [0.5, 0.6) is 17.4 Å². The Balaban J connectivity index is 1.16. The molecule has 9 rings (SSSR count). The number of hydrogen-bond acceptors (Lipinski definition) is 11. The summed E-state index contributed by atoms with van der Waals surface area (Å²) in [6.45, 7) is 7.23. The highest BCUT2D eigenvalue weighted by molar-refractivity contribution is 7.91. The van der Waals surface area contributed by atoms with E-state index in [2.05, 4.69) is 21.9 Å². The van der Waals surface area contributed by atoms with E-state index in [1.54, 1.807) is 18.1 Å². The number of pyridine rings is 1. The van der Waals surface area contributed by atoms with Gasteiger partial charge in [0.25, 0.3) is 5.91 Å². The Morgan fingerprint density at radius 2 is 1.86 bits per heavy atom. The third kappa shape index (κ3) is 8.45. The molecule has 17 heteroatoms. The molecule has 0 unspecified atom stereocenters. The topological polar surface area (TPSA) is 195 Å². The summed E-state index contributed by atoms with van der Waals surface area (Å²) in [6.07, 6.45) is 10.7. The third-order valence-electron chi connectivity index (χ3n) is 12.5. The van der Waals surface area contributed by atoms with Gasteiger partial charge in [-0.3, -0.25) is 19.1 Å². The molecule has 59 heavy (non-hydrogen) atoms. The van der Waals surface area contributed by atoms with Crippen LogP contribution in [-0.2, 0) is 29.1 Å². The quantitative estimate of drug-likeness (QED) is 0.297. The fraction of sp³-hybridized carbons (Fsp3) is 0.595. The van der Waals surface area contributed by atoms with Gasteiger partial charge in [0.15, 0.2) is 0 Å². The number of amides is 5. The van der Waals surface area contributed by atoms with Crippen LogP contribution in [0.25, 0.3) is 17.0 Å². The van der Waals surface area contributed by atoms with Gasteiger partial charge in [-0.15, -0.1) is 6.58 Å². The average molecular weight is 835 g/mol. The Kier molecular flexibility index (Phi) is 11.5. The normalized spacial score (nSPS) is 29.4. The number of ether oxygens (including phenoxy) is 4. The fourth-order valence-electron chi connectivity index (χ4n) is 8.89. The van der Waals surface area contributed by atoms with E-state index >= 15 is 4.79 Å². The summed E-state index contributed by atoms with van der Waals surface area (Å²) in [6, 6.07) is 3.01. The van der Waals surface area contributed by atoms with E-state index in [9.17, 15) is 22.8 Å². The van der Waals surface area contributed by atoms with Crippen LogP contribution in [0.4, 0.5) is 4.79 Å². The molecule has 1 aromatic carbocycles. The summed E-state index contributed by atoms with van der Waals surface area (Å²) >= 11 is 0. The summed E-state index contributed by atoms with van der Waals surface area (Å²) in [5.74, 6) is -1.22. The van der Waals surface area contributed by atoms with Crippen LogP contribution in [0.1, 0.15) is 76.7 Å². The fourth-order valence-corrected chi connectivity index (χ4v) is 10.3. The number of carbonyl (C=O) groups is 4. The van der Waals surface area contributed by atoms with E-state index in [0.717, 1.165) is 37.7 Å². The lowest BCUT2D eigenvalue weighted by atomic mass is 9.83. The van der Waals surface area contributed by atoms with Gasteiger partial charge in [0, 0.05) is 35.4 Å². The third-order valence-corrected chi connectivity index (χ3v) is 14.3. The number of benzene rings is 1. The smallest absolute Gasteiger partial charge is 0.318 e. The molecule has 6 bridgehead atoms. The zero-order valence-corrected chi connectivity index (χ0v) is 34.5. The van der Waals surface area contributed by atoms with Gasteiger partial charge in [0.2, 0.25) is 27.7 Å². The standard InChI is InChI=1S/C42H54N6O10S/c1-4-27-21-42(27,40(51)46-59(53,54)30-14-15-30)45-38(49)33-18-28-24-48(33)39(50)37(25-11-7-6-8-12-25)44-41(52)47-22-29(23-47)57-16-10-9-13-26-17-31-32(19-34(26)55-3)43-36(56-5-2)20-35(31)58-28/h4,9,13,17,19-20,25,27-30,33,37H,1,5-8,10-12,14-16,18,21-24H2,2-3H3,(H,44,52)(H,45,49)(H,46,51)/b13-9+/t27-,28+,33-,37-,42+/m0/s1. The predicted molar refractivity (Wildman–Crippen MR) is 217 cm³/mol. The zero-order chi connectivity index (χ0) is 41.5. The first-order valence-corrected chi connectivity index (χ1v) is 22.4. The summed E-state index contributed by atoms with van der Waals surface area (Å²) in [7, 11) is -2.33. The molecule has 16 nitrogen and oxygen atoms in total. The zero-order valence-electron chi connectivity index (χ0n) is 33.7. The molecule has 5 atom stereocenters. The molecule has 1 aromatic heterocycles. The largest absolute Gasteiger partial charge is 0.496 e. The molecule has 3 aliphatic carbocycles. The van der Waals surface area contributed by atoms with Crippen LogP contribution in [0.3, 0.4) is 0 Å². The lowest BCUT2D eigenvalue weighted by Crippen LogP contribution is -2.63. The molecule has 4 aliphatic heterocycles. The van der Waals surface area contributed by atoms with E-state index < -0.39 is 62.6 Å². The van der Waals surface area contributed by atoms with Crippen LogP contribution in [0.2, 0.25) is 0 Å². The Hall–Kier alpha value is -4.90. The number of nitrogens with one attached hydrogen (secondary N) is 3. The van der Waals surface area contributed by atoms with Crippen molar-refractivity contribution < 1.29 is 46.5 Å². The first-order chi connectivity index (χ1) is 28.4. The van der Waals surface area contributed by atoms with Gasteiger partial charge in [-0.05, 0) is 57.4 Å². The number of urea groups is 1. The van der Waals surface area contributed by atoms with Crippen LogP contribution >= 0.6 is 0 Å². The summed E-state index contributed by atoms with van der Waals surface area (Å²) in [4.78, 5) is 64.8. The molecule has 3 saturated carbocycles. The Labute approximate surface area is 344 Å². The van der Waals surface area contributed by atoms with Crippen molar-refractivity contribution in [1.82, 2.24) is 30.1 Å². The van der Waals surface area contributed by atoms with E-state index in [4.69, 9.17) is 23.9 Å². The maximum Gasteiger partial charge on any atom is 0.318 e. The van der Waals surface area contributed by atoms with E-state index in [-0.39, 0.29) is 37.4 Å². The van der Waals surface area contributed by atoms with E-state index in [1.807, 2.05) is 31.2 Å². The molecule has 5 fully saturated rings. The number of hydrogen-bond donors (Lipinski definition) is 3. The first kappa shape index (κ1) is 40.9. The lowest BCUT2D eigenvalue weighted by Gasteiger charge is -2.41. The second kappa shape index (κ2) is 16.6. The number of carbonyl (C=O) groups excluding carboxylic acids is 4. The van der Waals surface area contributed by atoms with Crippen molar-refractivity contribution >= 4 is 50.8 Å². The molecule has 5 amide bonds. The number of fused-ring (bicyclic) bond motifs is 6. The van der Waals surface area contributed by atoms with Crippen LogP contribution in [0.15, 0.2) is 36.9 Å². The molecule has 0 spiro atoms. The van der Waals surface area contributed by atoms with Crippen molar-refractivity contribution in [3.8, 4) is 17.4 Å². The molecule has 3 N–H and O–H groups in total. The van der Waals surface area contributed by atoms with Gasteiger partial charge in [0.05, 0.1) is 56.8 Å². The van der Waals surface area contributed by atoms with Crippen LogP contribution < -0.4 is 29.6 Å². The predicted octanol–water partition coefficient (Wildman–Crippen LogP) is 3.44. The molecule has 7 aliphatic rings. The summed E-state index contributed by atoms with van der Waals surface area (Å²) < 4.78 is 52.3. The Morgan fingerprint density at radius 3 is 2.56 bits per heavy atom. The first-order valence-electron chi connectivity index (χ1n) is 20.9. The molecule has 0 radical (unpaired) electrons. The van der Waals surface area contributed by atoms with Gasteiger partial charge in [-0.2, -0.15) is 0 Å². The average Bonchev–Trinajstić information content (AvgIpc) is 4.14. The SMILES string of the molecule is C=C[C@H]1C[C@]1(NC(=O)[C@@H]1C[C@@H]2CN1C(=O)[C@H](C1CCCCC1)NC(=O)N1CC(C1)OCC/C=C/c1cc3c(cc(OCC)nc3cc1OC)O2)C(=O)NS(=O)(=O)C1CC1. The number of nitrogens with zero attached hydrogens (tertiary/aromatic N) is 3. The molecular weight excluding hydrogens is 781 g/mol. The van der Waals surface area contributed by atoms with Gasteiger partial charge in [0.1, 0.15) is 35.2 Å². The highest BCUT2D eigenvalue weighted by Crippen LogP contribution is 2.46. The Morgan fingerprint density at radius 1 is 1.08 bits per heavy atom. The number of aromatic nitrogens is 1. The minimum absolute atomic E-state index is 0.00746. The maximum atomic E-state index is 15.0. The highest BCUT2D eigenvalue weighted by atomic mass is 32.2. The van der Waals surface area contributed by atoms with Crippen LogP contribution in [-0.4, -0.2) is 122 Å².